The van der Waals surface area contributed by atoms with Crippen molar-refractivity contribution >= 4 is 11.9 Å². The van der Waals surface area contributed by atoms with Crippen molar-refractivity contribution in [1.82, 2.24) is 0 Å². The Morgan fingerprint density at radius 1 is 0.889 bits per heavy atom. The third-order valence-corrected chi connectivity index (χ3v) is 2.17. The van der Waals surface area contributed by atoms with Gasteiger partial charge < -0.3 is 9.47 Å². The number of hydrogen-bond acceptors (Lipinski definition) is 4. The molecule has 0 aromatic heterocycles. The van der Waals surface area contributed by atoms with Crippen molar-refractivity contribution in [1.29, 1.82) is 0 Å². The number of carbonyl (C=O) groups is 2. The maximum Gasteiger partial charge on any atom is 0.320 e. The van der Waals surface area contributed by atoms with Crippen LogP contribution >= 0.6 is 0 Å². The van der Waals surface area contributed by atoms with E-state index in [1.54, 1.807) is 13.8 Å². The van der Waals surface area contributed by atoms with Crippen LogP contribution < -0.4 is 0 Å². The zero-order valence-electron chi connectivity index (χ0n) is 12.6. The molecule has 0 atom stereocenters. The summed E-state index contributed by atoms with van der Waals surface area (Å²) >= 11 is 0. The highest BCUT2D eigenvalue weighted by atomic mass is 16.6. The Bertz CT molecular complexity index is 206. The molecule has 0 bridgehead atoms. The molecule has 0 heterocycles. The van der Waals surface area contributed by atoms with Gasteiger partial charge in [-0.2, -0.15) is 0 Å². The van der Waals surface area contributed by atoms with Crippen LogP contribution in [0.25, 0.3) is 0 Å². The van der Waals surface area contributed by atoms with Gasteiger partial charge in [-0.05, 0) is 32.6 Å². The van der Waals surface area contributed by atoms with Gasteiger partial charge in [0.15, 0.2) is 5.92 Å². The Labute approximate surface area is 111 Å². The molecule has 0 aromatic carbocycles. The first-order valence-electron chi connectivity index (χ1n) is 6.86. The van der Waals surface area contributed by atoms with Crippen LogP contribution in [-0.2, 0) is 19.1 Å². The molecule has 4 nitrogen and oxygen atoms in total. The monoisotopic (exact) mass is 260 g/mol. The predicted molar refractivity (Wildman–Crippen MR) is 72.2 cm³/mol. The van der Waals surface area contributed by atoms with Crippen molar-refractivity contribution in [2.75, 3.05) is 13.2 Å². The Hall–Kier alpha value is -1.06. The van der Waals surface area contributed by atoms with Gasteiger partial charge in [0.2, 0.25) is 0 Å². The molecule has 0 aromatic rings. The summed E-state index contributed by atoms with van der Waals surface area (Å²) in [5, 5.41) is 0. The van der Waals surface area contributed by atoms with E-state index >= 15 is 0 Å². The second-order valence-corrected chi connectivity index (χ2v) is 4.03. The molecule has 18 heavy (non-hydrogen) atoms. The van der Waals surface area contributed by atoms with Crippen LogP contribution in [0.1, 0.15) is 54.4 Å². The molecule has 0 fully saturated rings. The topological polar surface area (TPSA) is 52.6 Å². The fourth-order valence-corrected chi connectivity index (χ4v) is 1.32. The van der Waals surface area contributed by atoms with Gasteiger partial charge in [0.05, 0.1) is 13.2 Å². The Kier molecular flexibility index (Phi) is 13.3. The fraction of sp³-hybridized carbons (Fsp3) is 0.857. The van der Waals surface area contributed by atoms with E-state index in [1.165, 1.54) is 0 Å². The number of hydrogen-bond donors (Lipinski definition) is 0. The predicted octanol–water partition coefficient (Wildman–Crippen LogP) is 3.19. The van der Waals surface area contributed by atoms with Gasteiger partial charge in [-0.1, -0.05) is 27.7 Å². The van der Waals surface area contributed by atoms with Gasteiger partial charge in [-0.3, -0.25) is 9.59 Å². The molecule has 0 saturated carbocycles. The van der Waals surface area contributed by atoms with Gasteiger partial charge in [0.1, 0.15) is 0 Å². The van der Waals surface area contributed by atoms with E-state index in [9.17, 15) is 9.59 Å². The summed E-state index contributed by atoms with van der Waals surface area (Å²) in [7, 11) is 0. The van der Waals surface area contributed by atoms with E-state index in [0.29, 0.717) is 12.3 Å². The number of carbonyl (C=O) groups excluding carboxylic acids is 2. The van der Waals surface area contributed by atoms with Crippen LogP contribution in [0.15, 0.2) is 0 Å². The van der Waals surface area contributed by atoms with E-state index in [-0.39, 0.29) is 13.2 Å². The minimum atomic E-state index is -0.762. The van der Waals surface area contributed by atoms with E-state index in [1.807, 2.05) is 27.7 Å². The number of ether oxygens (including phenoxy) is 2. The molecule has 108 valence electrons. The molecule has 0 amide bonds. The lowest BCUT2D eigenvalue weighted by molar-refractivity contribution is -0.162. The first-order valence-corrected chi connectivity index (χ1v) is 6.86. The summed E-state index contributed by atoms with van der Waals surface area (Å²) in [5.74, 6) is -1.25. The molecule has 0 saturated heterocycles. The average molecular weight is 260 g/mol. The van der Waals surface area contributed by atoms with Crippen molar-refractivity contribution < 1.29 is 19.1 Å². The molecule has 0 aliphatic carbocycles. The summed E-state index contributed by atoms with van der Waals surface area (Å²) in [6, 6.07) is 0. The van der Waals surface area contributed by atoms with Crippen LogP contribution in [0.3, 0.4) is 0 Å². The first kappa shape index (κ1) is 19.3. The summed E-state index contributed by atoms with van der Waals surface area (Å²) in [6.45, 7) is 12.1. The standard InChI is InChI=1S/C12H22O4.C2H6/c1-5-15-11(13)10(8-7-9(3)4)12(14)16-6-2;1-2/h9-10H,5-8H2,1-4H3;1-2H3. The fourth-order valence-electron chi connectivity index (χ4n) is 1.32. The lowest BCUT2D eigenvalue weighted by Crippen LogP contribution is -2.28. The molecule has 0 unspecified atom stereocenters. The molecular weight excluding hydrogens is 232 g/mol. The summed E-state index contributed by atoms with van der Waals surface area (Å²) in [4.78, 5) is 23.1. The number of rotatable bonds is 7. The zero-order valence-corrected chi connectivity index (χ0v) is 12.6. The third-order valence-electron chi connectivity index (χ3n) is 2.17. The van der Waals surface area contributed by atoms with E-state index in [2.05, 4.69) is 0 Å². The van der Waals surface area contributed by atoms with Gasteiger partial charge in [-0.25, -0.2) is 0 Å². The van der Waals surface area contributed by atoms with Crippen molar-refractivity contribution in [3.63, 3.8) is 0 Å². The molecule has 0 spiro atoms. The lowest BCUT2D eigenvalue weighted by atomic mass is 9.98. The molecular formula is C14H28O4. The zero-order chi connectivity index (χ0) is 14.6. The van der Waals surface area contributed by atoms with E-state index < -0.39 is 17.9 Å². The van der Waals surface area contributed by atoms with Crippen LogP contribution in [-0.4, -0.2) is 25.2 Å². The maximum absolute atomic E-state index is 11.5. The van der Waals surface area contributed by atoms with Crippen LogP contribution in [0.2, 0.25) is 0 Å². The Morgan fingerprint density at radius 3 is 1.56 bits per heavy atom. The largest absolute Gasteiger partial charge is 0.465 e. The van der Waals surface area contributed by atoms with E-state index in [4.69, 9.17) is 9.47 Å². The van der Waals surface area contributed by atoms with Crippen molar-refractivity contribution in [3.05, 3.63) is 0 Å². The molecule has 0 aliphatic heterocycles. The van der Waals surface area contributed by atoms with Gasteiger partial charge in [0, 0.05) is 0 Å². The average Bonchev–Trinajstić information content (AvgIpc) is 2.32. The lowest BCUT2D eigenvalue weighted by Gasteiger charge is -2.15. The minimum Gasteiger partial charge on any atom is -0.465 e. The maximum atomic E-state index is 11.5. The second-order valence-electron chi connectivity index (χ2n) is 4.03. The first-order chi connectivity index (χ1) is 8.52. The molecule has 4 heteroatoms. The molecule has 0 aliphatic rings. The molecule has 0 N–H and O–H groups in total. The van der Waals surface area contributed by atoms with E-state index in [0.717, 1.165) is 6.42 Å². The molecule has 0 rings (SSSR count). The third kappa shape index (κ3) is 9.02. The SMILES string of the molecule is CC.CCOC(=O)C(CCC(C)C)C(=O)OCC. The highest BCUT2D eigenvalue weighted by molar-refractivity contribution is 5.94. The van der Waals surface area contributed by atoms with Crippen molar-refractivity contribution in [2.45, 2.75) is 54.4 Å². The summed E-state index contributed by atoms with van der Waals surface area (Å²) in [6.07, 6.45) is 1.30. The van der Waals surface area contributed by atoms with Crippen LogP contribution in [0, 0.1) is 11.8 Å². The summed E-state index contributed by atoms with van der Waals surface area (Å²) in [5.41, 5.74) is 0. The normalized spacial score (nSPS) is 9.78. The van der Waals surface area contributed by atoms with Crippen molar-refractivity contribution in [2.24, 2.45) is 11.8 Å². The highest BCUT2D eigenvalue weighted by Crippen LogP contribution is 2.15. The second kappa shape index (κ2) is 12.4. The Morgan fingerprint density at radius 2 is 1.28 bits per heavy atom. The van der Waals surface area contributed by atoms with Gasteiger partial charge in [0.25, 0.3) is 0 Å². The van der Waals surface area contributed by atoms with Crippen molar-refractivity contribution in [3.8, 4) is 0 Å². The number of esters is 2. The van der Waals surface area contributed by atoms with Crippen LogP contribution in [0.5, 0.6) is 0 Å². The quantitative estimate of drug-likeness (QED) is 0.521. The highest BCUT2D eigenvalue weighted by Gasteiger charge is 2.29. The molecule has 0 radical (unpaired) electrons. The van der Waals surface area contributed by atoms with Gasteiger partial charge in [-0.15, -0.1) is 0 Å². The Balaban J connectivity index is 0. The van der Waals surface area contributed by atoms with Gasteiger partial charge >= 0.3 is 11.9 Å². The van der Waals surface area contributed by atoms with Crippen LogP contribution in [0.4, 0.5) is 0 Å². The minimum absolute atomic E-state index is 0.288. The smallest absolute Gasteiger partial charge is 0.320 e. The summed E-state index contributed by atoms with van der Waals surface area (Å²) < 4.78 is 9.73.